The van der Waals surface area contributed by atoms with Crippen LogP contribution >= 0.6 is 0 Å². The van der Waals surface area contributed by atoms with Crippen molar-refractivity contribution in [3.8, 4) is 5.75 Å². The molecule has 0 aromatic heterocycles. The van der Waals surface area contributed by atoms with Crippen molar-refractivity contribution >= 4 is 22.6 Å². The summed E-state index contributed by atoms with van der Waals surface area (Å²) in [6.45, 7) is 2.99. The van der Waals surface area contributed by atoms with Crippen molar-refractivity contribution in [1.29, 1.82) is 0 Å². The molecule has 8 heteroatoms. The van der Waals surface area contributed by atoms with Crippen LogP contribution in [0.4, 0.5) is 0 Å². The summed E-state index contributed by atoms with van der Waals surface area (Å²) in [5.41, 5.74) is 3.15. The molecule has 0 bridgehead atoms. The minimum absolute atomic E-state index is 0.0521. The highest BCUT2D eigenvalue weighted by molar-refractivity contribution is 5.94. The van der Waals surface area contributed by atoms with Gasteiger partial charge < -0.3 is 19.7 Å². The SMILES string of the molecule is O=C(CCCCC=C(COc1cccc2ccccc12)C(=O)NC1CCN(C2CC2)CC1)NOC1CCCCO1. The summed E-state index contributed by atoms with van der Waals surface area (Å²) < 4.78 is 11.7. The fourth-order valence-corrected chi connectivity index (χ4v) is 5.51. The lowest BCUT2D eigenvalue weighted by Crippen LogP contribution is -2.46. The standard InChI is InChI=1S/C32H43N3O5/c36-30(34-40-31-15-6-7-22-38-31)14-3-1-2-10-25(23-39-29-13-8-11-24-9-4-5-12-28(24)29)32(37)33-26-18-20-35(21-19-26)27-16-17-27/h4-5,8-13,26-27,31H,1-3,6-7,14-23H2,(H,33,37)(H,34,36). The van der Waals surface area contributed by atoms with E-state index in [-0.39, 0.29) is 30.8 Å². The van der Waals surface area contributed by atoms with Crippen LogP contribution in [-0.2, 0) is 19.2 Å². The largest absolute Gasteiger partial charge is 0.488 e. The van der Waals surface area contributed by atoms with Crippen LogP contribution in [0.3, 0.4) is 0 Å². The highest BCUT2D eigenvalue weighted by Gasteiger charge is 2.32. The quantitative estimate of drug-likeness (QED) is 0.207. The molecule has 2 aromatic carbocycles. The third kappa shape index (κ3) is 8.53. The van der Waals surface area contributed by atoms with Crippen LogP contribution in [0.1, 0.15) is 70.6 Å². The average molecular weight is 550 g/mol. The average Bonchev–Trinajstić information content (AvgIpc) is 3.84. The van der Waals surface area contributed by atoms with E-state index < -0.39 is 0 Å². The summed E-state index contributed by atoms with van der Waals surface area (Å²) in [7, 11) is 0. The number of amides is 2. The Morgan fingerprint density at radius 1 is 0.975 bits per heavy atom. The Labute approximate surface area is 237 Å². The zero-order valence-corrected chi connectivity index (χ0v) is 23.4. The molecule has 3 aliphatic rings. The molecule has 5 rings (SSSR count). The van der Waals surface area contributed by atoms with Gasteiger partial charge in [-0.05, 0) is 69.2 Å². The predicted molar refractivity (Wildman–Crippen MR) is 155 cm³/mol. The number of likely N-dealkylation sites (tertiary alicyclic amines) is 1. The summed E-state index contributed by atoms with van der Waals surface area (Å²) in [4.78, 5) is 33.4. The van der Waals surface area contributed by atoms with E-state index in [2.05, 4.69) is 27.8 Å². The van der Waals surface area contributed by atoms with Crippen LogP contribution in [-0.4, -0.2) is 61.4 Å². The Balaban J connectivity index is 1.12. The number of hydrogen-bond donors (Lipinski definition) is 2. The Morgan fingerprint density at radius 3 is 2.60 bits per heavy atom. The first-order valence-electron chi connectivity index (χ1n) is 15.1. The van der Waals surface area contributed by atoms with Gasteiger partial charge in [0.05, 0.1) is 5.57 Å². The monoisotopic (exact) mass is 549 g/mol. The van der Waals surface area contributed by atoms with E-state index in [0.717, 1.165) is 74.2 Å². The lowest BCUT2D eigenvalue weighted by atomic mass is 10.0. The van der Waals surface area contributed by atoms with Crippen LogP contribution in [0.5, 0.6) is 5.75 Å². The zero-order valence-electron chi connectivity index (χ0n) is 23.4. The molecule has 3 fully saturated rings. The Bertz CT molecular complexity index is 1140. The molecule has 0 spiro atoms. The van der Waals surface area contributed by atoms with Gasteiger partial charge in [-0.1, -0.05) is 42.5 Å². The van der Waals surface area contributed by atoms with Crippen LogP contribution in [0.25, 0.3) is 10.8 Å². The smallest absolute Gasteiger partial charge is 0.250 e. The van der Waals surface area contributed by atoms with Crippen molar-refractivity contribution in [2.24, 2.45) is 0 Å². The molecule has 2 aliphatic heterocycles. The molecule has 8 nitrogen and oxygen atoms in total. The summed E-state index contributed by atoms with van der Waals surface area (Å²) in [6, 6.07) is 15.1. The van der Waals surface area contributed by atoms with Crippen LogP contribution in [0.2, 0.25) is 0 Å². The molecular formula is C32H43N3O5. The molecule has 1 unspecified atom stereocenters. The number of unbranched alkanes of at least 4 members (excludes halogenated alkanes) is 2. The van der Waals surface area contributed by atoms with Crippen LogP contribution in [0, 0.1) is 0 Å². The van der Waals surface area contributed by atoms with Gasteiger partial charge in [0.15, 0.2) is 6.29 Å². The molecule has 2 aromatic rings. The topological polar surface area (TPSA) is 89.1 Å². The maximum absolute atomic E-state index is 13.4. The normalized spacial score (nSPS) is 20.8. The number of hydroxylamine groups is 1. The van der Waals surface area contributed by atoms with Gasteiger partial charge in [-0.3, -0.25) is 9.59 Å². The van der Waals surface area contributed by atoms with Gasteiger partial charge in [-0.15, -0.1) is 0 Å². The molecule has 1 aliphatic carbocycles. The number of fused-ring (bicyclic) bond motifs is 1. The maximum Gasteiger partial charge on any atom is 0.250 e. The van der Waals surface area contributed by atoms with Gasteiger partial charge >= 0.3 is 0 Å². The first-order chi connectivity index (χ1) is 19.7. The molecule has 1 saturated carbocycles. The van der Waals surface area contributed by atoms with Gasteiger partial charge in [0.1, 0.15) is 12.4 Å². The highest BCUT2D eigenvalue weighted by Crippen LogP contribution is 2.29. The first kappa shape index (κ1) is 28.6. The van der Waals surface area contributed by atoms with Crippen LogP contribution < -0.4 is 15.5 Å². The lowest BCUT2D eigenvalue weighted by Gasteiger charge is -2.32. The summed E-state index contributed by atoms with van der Waals surface area (Å²) >= 11 is 0. The van der Waals surface area contributed by atoms with E-state index in [0.29, 0.717) is 31.4 Å². The van der Waals surface area contributed by atoms with E-state index in [4.69, 9.17) is 14.3 Å². The minimum atomic E-state index is -0.343. The number of carbonyl (C=O) groups excluding carboxylic acids is 2. The lowest BCUT2D eigenvalue weighted by molar-refractivity contribution is -0.200. The number of rotatable bonds is 13. The van der Waals surface area contributed by atoms with Crippen molar-refractivity contribution in [1.82, 2.24) is 15.7 Å². The van der Waals surface area contributed by atoms with E-state index in [9.17, 15) is 9.59 Å². The van der Waals surface area contributed by atoms with Gasteiger partial charge in [-0.2, -0.15) is 0 Å². The minimum Gasteiger partial charge on any atom is -0.488 e. The van der Waals surface area contributed by atoms with Crippen molar-refractivity contribution in [2.45, 2.75) is 89.0 Å². The fourth-order valence-electron chi connectivity index (χ4n) is 5.51. The summed E-state index contributed by atoms with van der Waals surface area (Å²) in [5.74, 6) is 0.574. The Kier molecular flexibility index (Phi) is 10.4. The molecule has 216 valence electrons. The second-order valence-corrected chi connectivity index (χ2v) is 11.2. The molecular weight excluding hydrogens is 506 g/mol. The maximum atomic E-state index is 13.4. The van der Waals surface area contributed by atoms with Crippen molar-refractivity contribution in [3.05, 3.63) is 54.1 Å². The predicted octanol–water partition coefficient (Wildman–Crippen LogP) is 5.02. The zero-order chi connectivity index (χ0) is 27.6. The van der Waals surface area contributed by atoms with Crippen molar-refractivity contribution < 1.29 is 23.9 Å². The van der Waals surface area contributed by atoms with E-state index in [1.165, 1.54) is 12.8 Å². The third-order valence-electron chi connectivity index (χ3n) is 8.04. The van der Waals surface area contributed by atoms with Crippen LogP contribution in [0.15, 0.2) is 54.1 Å². The van der Waals surface area contributed by atoms with E-state index in [1.807, 2.05) is 36.4 Å². The number of nitrogens with one attached hydrogen (secondary N) is 2. The van der Waals surface area contributed by atoms with Gasteiger partial charge in [0.25, 0.3) is 5.91 Å². The molecule has 2 heterocycles. The van der Waals surface area contributed by atoms with Gasteiger partial charge in [0.2, 0.25) is 5.91 Å². The fraction of sp³-hybridized carbons (Fsp3) is 0.562. The summed E-state index contributed by atoms with van der Waals surface area (Å²) in [6.07, 6.45) is 11.7. The molecule has 2 saturated heterocycles. The molecule has 2 amide bonds. The number of nitrogens with zero attached hydrogens (tertiary/aromatic N) is 1. The van der Waals surface area contributed by atoms with Gasteiger partial charge in [0, 0.05) is 50.0 Å². The van der Waals surface area contributed by atoms with Gasteiger partial charge in [-0.25, -0.2) is 10.3 Å². The van der Waals surface area contributed by atoms with Crippen molar-refractivity contribution in [3.63, 3.8) is 0 Å². The Hall–Kier alpha value is -2.94. The second kappa shape index (κ2) is 14.6. The molecule has 2 N–H and O–H groups in total. The van der Waals surface area contributed by atoms with E-state index >= 15 is 0 Å². The van der Waals surface area contributed by atoms with E-state index in [1.54, 1.807) is 0 Å². The number of allylic oxidation sites excluding steroid dienone is 1. The highest BCUT2D eigenvalue weighted by atomic mass is 16.8. The molecule has 0 radical (unpaired) electrons. The van der Waals surface area contributed by atoms with Crippen molar-refractivity contribution in [2.75, 3.05) is 26.3 Å². The number of carbonyl (C=O) groups is 2. The number of piperidine rings is 1. The number of ether oxygens (including phenoxy) is 2. The number of benzene rings is 2. The molecule has 1 atom stereocenters. The second-order valence-electron chi connectivity index (χ2n) is 11.2. The Morgan fingerprint density at radius 2 is 1.80 bits per heavy atom. The third-order valence-corrected chi connectivity index (χ3v) is 8.04. The first-order valence-corrected chi connectivity index (χ1v) is 15.1. The number of hydrogen-bond acceptors (Lipinski definition) is 6. The molecule has 40 heavy (non-hydrogen) atoms. The summed E-state index contributed by atoms with van der Waals surface area (Å²) in [5, 5.41) is 5.41.